The van der Waals surface area contributed by atoms with Crippen molar-refractivity contribution in [2.45, 2.75) is 27.2 Å². The third kappa shape index (κ3) is 2.72. The van der Waals surface area contributed by atoms with E-state index < -0.39 is 0 Å². The minimum absolute atomic E-state index is 0.630. The second kappa shape index (κ2) is 5.52. The van der Waals surface area contributed by atoms with Gasteiger partial charge in [0.2, 0.25) is 0 Å². The average Bonchev–Trinajstić information content (AvgIpc) is 2.88. The quantitative estimate of drug-likeness (QED) is 0.797. The molecule has 3 rings (SSSR count). The van der Waals surface area contributed by atoms with Gasteiger partial charge >= 0.3 is 0 Å². The zero-order valence-electron chi connectivity index (χ0n) is 12.6. The highest BCUT2D eigenvalue weighted by atomic mass is 15.4. The SMILES string of the molecule is CCCNc1cc(C)nc2nc(-c3cccc(C)c3)nn12. The Morgan fingerprint density at radius 1 is 1.14 bits per heavy atom. The van der Waals surface area contributed by atoms with Gasteiger partial charge in [0.1, 0.15) is 5.82 Å². The Labute approximate surface area is 124 Å². The van der Waals surface area contributed by atoms with Crippen LogP contribution in [0.3, 0.4) is 0 Å². The van der Waals surface area contributed by atoms with Crippen molar-refractivity contribution in [3.63, 3.8) is 0 Å². The minimum Gasteiger partial charge on any atom is -0.370 e. The fourth-order valence-electron chi connectivity index (χ4n) is 2.27. The first-order chi connectivity index (χ1) is 10.2. The highest BCUT2D eigenvalue weighted by Gasteiger charge is 2.11. The lowest BCUT2D eigenvalue weighted by Crippen LogP contribution is -2.07. The van der Waals surface area contributed by atoms with Gasteiger partial charge in [-0.15, -0.1) is 5.10 Å². The van der Waals surface area contributed by atoms with Crippen LogP contribution in [0, 0.1) is 13.8 Å². The zero-order valence-corrected chi connectivity index (χ0v) is 12.6. The van der Waals surface area contributed by atoms with Crippen LogP contribution >= 0.6 is 0 Å². The maximum atomic E-state index is 4.60. The Kier molecular flexibility index (Phi) is 3.56. The average molecular weight is 281 g/mol. The van der Waals surface area contributed by atoms with Gasteiger partial charge in [-0.25, -0.2) is 4.98 Å². The molecule has 1 aromatic carbocycles. The fraction of sp³-hybridized carbons (Fsp3) is 0.312. The van der Waals surface area contributed by atoms with Crippen molar-refractivity contribution in [1.29, 1.82) is 0 Å². The molecule has 2 heterocycles. The molecular weight excluding hydrogens is 262 g/mol. The van der Waals surface area contributed by atoms with E-state index in [-0.39, 0.29) is 0 Å². The number of rotatable bonds is 4. The summed E-state index contributed by atoms with van der Waals surface area (Å²) in [5.74, 6) is 2.27. The summed E-state index contributed by atoms with van der Waals surface area (Å²) in [5.41, 5.74) is 3.14. The molecule has 0 radical (unpaired) electrons. The van der Waals surface area contributed by atoms with Crippen LogP contribution < -0.4 is 5.32 Å². The number of nitrogens with zero attached hydrogens (tertiary/aromatic N) is 4. The fourth-order valence-corrected chi connectivity index (χ4v) is 2.27. The molecule has 0 fully saturated rings. The second-order valence-electron chi connectivity index (χ2n) is 5.23. The van der Waals surface area contributed by atoms with Crippen LogP contribution in [0.2, 0.25) is 0 Å². The van der Waals surface area contributed by atoms with Gasteiger partial charge in [-0.3, -0.25) is 0 Å². The van der Waals surface area contributed by atoms with E-state index in [2.05, 4.69) is 46.4 Å². The van der Waals surface area contributed by atoms with E-state index in [9.17, 15) is 0 Å². The van der Waals surface area contributed by atoms with Crippen LogP contribution in [0.1, 0.15) is 24.6 Å². The van der Waals surface area contributed by atoms with Crippen LogP contribution in [0.15, 0.2) is 30.3 Å². The topological polar surface area (TPSA) is 55.1 Å². The molecule has 108 valence electrons. The standard InChI is InChI=1S/C16H19N5/c1-4-8-17-14-10-12(3)18-16-19-15(20-21(14)16)13-7-5-6-11(2)9-13/h5-7,9-10,17H,4,8H2,1-3H3. The zero-order chi connectivity index (χ0) is 14.8. The van der Waals surface area contributed by atoms with E-state index in [0.29, 0.717) is 11.6 Å². The molecule has 1 N–H and O–H groups in total. The van der Waals surface area contributed by atoms with Crippen LogP contribution in [0.5, 0.6) is 0 Å². The first kappa shape index (κ1) is 13.5. The lowest BCUT2D eigenvalue weighted by molar-refractivity contribution is 0.898. The van der Waals surface area contributed by atoms with Crippen LogP contribution in [-0.4, -0.2) is 26.1 Å². The predicted octanol–water partition coefficient (Wildman–Crippen LogP) is 3.23. The Balaban J connectivity index is 2.10. The highest BCUT2D eigenvalue weighted by Crippen LogP contribution is 2.19. The van der Waals surface area contributed by atoms with Crippen molar-refractivity contribution in [2.75, 3.05) is 11.9 Å². The molecule has 0 atom stereocenters. The van der Waals surface area contributed by atoms with Gasteiger partial charge in [-0.05, 0) is 26.3 Å². The van der Waals surface area contributed by atoms with Crippen molar-refractivity contribution in [3.05, 3.63) is 41.6 Å². The van der Waals surface area contributed by atoms with E-state index in [0.717, 1.165) is 30.0 Å². The van der Waals surface area contributed by atoms with Crippen molar-refractivity contribution in [2.24, 2.45) is 0 Å². The maximum Gasteiger partial charge on any atom is 0.254 e. The summed E-state index contributed by atoms with van der Waals surface area (Å²) >= 11 is 0. The molecule has 5 nitrogen and oxygen atoms in total. The maximum absolute atomic E-state index is 4.60. The summed E-state index contributed by atoms with van der Waals surface area (Å²) in [6.07, 6.45) is 1.06. The molecule has 0 unspecified atom stereocenters. The molecule has 0 saturated heterocycles. The molecule has 2 aromatic heterocycles. The van der Waals surface area contributed by atoms with Gasteiger partial charge in [0.25, 0.3) is 5.78 Å². The summed E-state index contributed by atoms with van der Waals surface area (Å²) in [4.78, 5) is 9.02. The first-order valence-corrected chi connectivity index (χ1v) is 7.22. The largest absolute Gasteiger partial charge is 0.370 e. The predicted molar refractivity (Wildman–Crippen MR) is 84.5 cm³/mol. The summed E-state index contributed by atoms with van der Waals surface area (Å²) < 4.78 is 1.78. The summed E-state index contributed by atoms with van der Waals surface area (Å²) in [5, 5.41) is 7.97. The third-order valence-electron chi connectivity index (χ3n) is 3.27. The number of aromatic nitrogens is 4. The normalized spacial score (nSPS) is 11.0. The van der Waals surface area contributed by atoms with Crippen LogP contribution in [-0.2, 0) is 0 Å². The van der Waals surface area contributed by atoms with E-state index in [1.807, 2.05) is 25.1 Å². The molecule has 0 bridgehead atoms. The van der Waals surface area contributed by atoms with Gasteiger partial charge < -0.3 is 5.32 Å². The first-order valence-electron chi connectivity index (χ1n) is 7.22. The molecule has 0 aliphatic heterocycles. The molecule has 5 heteroatoms. The monoisotopic (exact) mass is 281 g/mol. The van der Waals surface area contributed by atoms with E-state index >= 15 is 0 Å². The van der Waals surface area contributed by atoms with Crippen molar-refractivity contribution in [1.82, 2.24) is 19.6 Å². The Hall–Kier alpha value is -2.43. The number of nitrogens with one attached hydrogen (secondary N) is 1. The van der Waals surface area contributed by atoms with Crippen molar-refractivity contribution >= 4 is 11.6 Å². The minimum atomic E-state index is 0.630. The number of hydrogen-bond acceptors (Lipinski definition) is 4. The van der Waals surface area contributed by atoms with Crippen LogP contribution in [0.4, 0.5) is 5.82 Å². The summed E-state index contributed by atoms with van der Waals surface area (Å²) in [6.45, 7) is 7.07. The van der Waals surface area contributed by atoms with Crippen molar-refractivity contribution in [3.8, 4) is 11.4 Å². The van der Waals surface area contributed by atoms with Gasteiger partial charge in [0.05, 0.1) is 0 Å². The molecule has 0 aliphatic rings. The van der Waals surface area contributed by atoms with Gasteiger partial charge in [0, 0.05) is 23.9 Å². The Morgan fingerprint density at radius 2 is 2.00 bits per heavy atom. The molecule has 0 aliphatic carbocycles. The Morgan fingerprint density at radius 3 is 2.76 bits per heavy atom. The highest BCUT2D eigenvalue weighted by molar-refractivity contribution is 5.59. The van der Waals surface area contributed by atoms with Gasteiger partial charge in [-0.2, -0.15) is 9.50 Å². The van der Waals surface area contributed by atoms with E-state index in [4.69, 9.17) is 0 Å². The number of aryl methyl sites for hydroxylation is 2. The molecular formula is C16H19N5. The number of fused-ring (bicyclic) bond motifs is 1. The van der Waals surface area contributed by atoms with Crippen molar-refractivity contribution < 1.29 is 0 Å². The smallest absolute Gasteiger partial charge is 0.254 e. The lowest BCUT2D eigenvalue weighted by Gasteiger charge is -2.06. The van der Waals surface area contributed by atoms with Gasteiger partial charge in [-0.1, -0.05) is 30.7 Å². The van der Waals surface area contributed by atoms with E-state index in [1.165, 1.54) is 5.56 Å². The Bertz CT molecular complexity index is 775. The molecule has 21 heavy (non-hydrogen) atoms. The number of anilines is 1. The van der Waals surface area contributed by atoms with Gasteiger partial charge in [0.15, 0.2) is 5.82 Å². The number of hydrogen-bond donors (Lipinski definition) is 1. The van der Waals surface area contributed by atoms with Crippen LogP contribution in [0.25, 0.3) is 17.2 Å². The van der Waals surface area contributed by atoms with E-state index in [1.54, 1.807) is 4.52 Å². The molecule has 0 saturated carbocycles. The molecule has 0 spiro atoms. The number of benzene rings is 1. The molecule has 0 amide bonds. The third-order valence-corrected chi connectivity index (χ3v) is 3.27. The lowest BCUT2D eigenvalue weighted by atomic mass is 10.1. The summed E-state index contributed by atoms with van der Waals surface area (Å²) in [6, 6.07) is 10.2. The summed E-state index contributed by atoms with van der Waals surface area (Å²) in [7, 11) is 0. The second-order valence-corrected chi connectivity index (χ2v) is 5.23. The molecule has 3 aromatic rings.